The molecule has 0 aliphatic rings. The van der Waals surface area contributed by atoms with Crippen molar-refractivity contribution in [3.8, 4) is 0 Å². The molecule has 0 aromatic rings. The van der Waals surface area contributed by atoms with Gasteiger partial charge in [-0.15, -0.1) is 0 Å². The zero-order valence-corrected chi connectivity index (χ0v) is 11.6. The molecule has 0 rings (SSSR count). The van der Waals surface area contributed by atoms with E-state index in [9.17, 15) is 0 Å². The lowest BCUT2D eigenvalue weighted by molar-refractivity contribution is 0.178. The standard InChI is InChI=1S/C14H30N2/c1-5-13(4)12-16(11-9-8-10-15)14(6-2)7-3/h8-9,13-14H,5-7,10-12,15H2,1-4H3/b9-8+. The molecule has 0 radical (unpaired) electrons. The Balaban J connectivity index is 4.29. The van der Waals surface area contributed by atoms with Crippen molar-refractivity contribution in [3.05, 3.63) is 12.2 Å². The fraction of sp³-hybridized carbons (Fsp3) is 0.857. The van der Waals surface area contributed by atoms with Crippen LogP contribution < -0.4 is 5.73 Å². The van der Waals surface area contributed by atoms with Gasteiger partial charge in [-0.05, 0) is 18.8 Å². The molecule has 1 unspecified atom stereocenters. The molecule has 0 saturated carbocycles. The van der Waals surface area contributed by atoms with Crippen LogP contribution in [0.25, 0.3) is 0 Å². The summed E-state index contributed by atoms with van der Waals surface area (Å²) >= 11 is 0. The lowest BCUT2D eigenvalue weighted by Crippen LogP contribution is -2.37. The van der Waals surface area contributed by atoms with Gasteiger partial charge in [0.25, 0.3) is 0 Å². The predicted molar refractivity (Wildman–Crippen MR) is 73.6 cm³/mol. The van der Waals surface area contributed by atoms with E-state index in [0.29, 0.717) is 6.54 Å². The Morgan fingerprint density at radius 2 is 1.69 bits per heavy atom. The van der Waals surface area contributed by atoms with Gasteiger partial charge in [0.1, 0.15) is 0 Å². The molecule has 2 N–H and O–H groups in total. The van der Waals surface area contributed by atoms with Gasteiger partial charge < -0.3 is 5.73 Å². The first-order chi connectivity index (χ1) is 7.69. The minimum absolute atomic E-state index is 0.653. The van der Waals surface area contributed by atoms with Crippen molar-refractivity contribution in [2.24, 2.45) is 11.7 Å². The van der Waals surface area contributed by atoms with Crippen LogP contribution >= 0.6 is 0 Å². The molecule has 0 amide bonds. The van der Waals surface area contributed by atoms with E-state index in [4.69, 9.17) is 5.73 Å². The van der Waals surface area contributed by atoms with Crippen LogP contribution in [-0.4, -0.2) is 30.6 Å². The second-order valence-electron chi connectivity index (χ2n) is 4.64. The molecule has 2 nitrogen and oxygen atoms in total. The van der Waals surface area contributed by atoms with E-state index in [2.05, 4.69) is 44.7 Å². The van der Waals surface area contributed by atoms with Crippen LogP contribution in [-0.2, 0) is 0 Å². The van der Waals surface area contributed by atoms with Crippen LogP contribution in [0.3, 0.4) is 0 Å². The third-order valence-corrected chi connectivity index (χ3v) is 3.34. The molecular weight excluding hydrogens is 196 g/mol. The van der Waals surface area contributed by atoms with Crippen LogP contribution in [0.5, 0.6) is 0 Å². The minimum Gasteiger partial charge on any atom is -0.327 e. The summed E-state index contributed by atoms with van der Waals surface area (Å²) < 4.78 is 0. The Morgan fingerprint density at radius 3 is 2.12 bits per heavy atom. The fourth-order valence-corrected chi connectivity index (χ4v) is 2.01. The average molecular weight is 226 g/mol. The first-order valence-electron chi connectivity index (χ1n) is 6.78. The SMILES string of the molecule is CCC(C)CN(C/C=C/CN)C(CC)CC. The normalized spacial score (nSPS) is 14.2. The predicted octanol–water partition coefficient (Wildman–Crippen LogP) is 3.04. The van der Waals surface area contributed by atoms with Crippen molar-refractivity contribution in [2.45, 2.75) is 53.0 Å². The molecule has 0 aromatic heterocycles. The third kappa shape index (κ3) is 6.29. The quantitative estimate of drug-likeness (QED) is 0.612. The Morgan fingerprint density at radius 1 is 1.06 bits per heavy atom. The molecule has 0 aromatic carbocycles. The smallest absolute Gasteiger partial charge is 0.0166 e. The lowest BCUT2D eigenvalue weighted by atomic mass is 10.0. The van der Waals surface area contributed by atoms with Crippen molar-refractivity contribution in [3.63, 3.8) is 0 Å². The fourth-order valence-electron chi connectivity index (χ4n) is 2.01. The van der Waals surface area contributed by atoms with Crippen molar-refractivity contribution >= 4 is 0 Å². The van der Waals surface area contributed by atoms with Gasteiger partial charge in [0.2, 0.25) is 0 Å². The highest BCUT2D eigenvalue weighted by Crippen LogP contribution is 2.13. The number of hydrogen-bond donors (Lipinski definition) is 1. The van der Waals surface area contributed by atoms with Gasteiger partial charge in [-0.3, -0.25) is 4.90 Å². The molecule has 0 heterocycles. The summed E-state index contributed by atoms with van der Waals surface area (Å²) in [7, 11) is 0. The molecule has 1 atom stereocenters. The zero-order valence-electron chi connectivity index (χ0n) is 11.6. The highest BCUT2D eigenvalue weighted by molar-refractivity contribution is 4.87. The molecule has 0 aliphatic heterocycles. The summed E-state index contributed by atoms with van der Waals surface area (Å²) in [6, 6.07) is 0.719. The molecule has 16 heavy (non-hydrogen) atoms. The first-order valence-corrected chi connectivity index (χ1v) is 6.78. The largest absolute Gasteiger partial charge is 0.327 e. The number of nitrogens with two attached hydrogens (primary N) is 1. The highest BCUT2D eigenvalue weighted by atomic mass is 15.1. The Hall–Kier alpha value is -0.340. The first kappa shape index (κ1) is 15.7. The maximum absolute atomic E-state index is 5.48. The summed E-state index contributed by atoms with van der Waals surface area (Å²) in [5, 5.41) is 0. The Labute approximate surface area is 102 Å². The molecule has 0 spiro atoms. The van der Waals surface area contributed by atoms with Crippen molar-refractivity contribution in [2.75, 3.05) is 19.6 Å². The summed E-state index contributed by atoms with van der Waals surface area (Å²) in [6.07, 6.45) is 8.01. The van der Waals surface area contributed by atoms with Gasteiger partial charge in [-0.1, -0.05) is 46.3 Å². The number of rotatable bonds is 9. The maximum Gasteiger partial charge on any atom is 0.0166 e. The van der Waals surface area contributed by atoms with Gasteiger partial charge >= 0.3 is 0 Å². The monoisotopic (exact) mass is 226 g/mol. The van der Waals surface area contributed by atoms with Crippen LogP contribution in [0.15, 0.2) is 12.2 Å². The topological polar surface area (TPSA) is 29.3 Å². The zero-order chi connectivity index (χ0) is 12.4. The Kier molecular flexibility index (Phi) is 9.65. The molecule has 2 heteroatoms. The second kappa shape index (κ2) is 9.86. The van der Waals surface area contributed by atoms with Crippen LogP contribution in [0.1, 0.15) is 47.0 Å². The third-order valence-electron chi connectivity index (χ3n) is 3.34. The number of nitrogens with zero attached hydrogens (tertiary/aromatic N) is 1. The summed E-state index contributed by atoms with van der Waals surface area (Å²) in [5.41, 5.74) is 5.48. The average Bonchev–Trinajstić information content (AvgIpc) is 2.30. The lowest BCUT2D eigenvalue weighted by Gasteiger charge is -2.31. The van der Waals surface area contributed by atoms with E-state index >= 15 is 0 Å². The second-order valence-corrected chi connectivity index (χ2v) is 4.64. The van der Waals surface area contributed by atoms with Gasteiger partial charge in [-0.2, -0.15) is 0 Å². The van der Waals surface area contributed by atoms with Crippen LogP contribution in [0.2, 0.25) is 0 Å². The molecule has 0 aliphatic carbocycles. The van der Waals surface area contributed by atoms with Gasteiger partial charge in [0, 0.05) is 25.7 Å². The van der Waals surface area contributed by atoms with Crippen molar-refractivity contribution in [1.82, 2.24) is 4.90 Å². The van der Waals surface area contributed by atoms with E-state index in [-0.39, 0.29) is 0 Å². The van der Waals surface area contributed by atoms with E-state index < -0.39 is 0 Å². The van der Waals surface area contributed by atoms with E-state index in [1.165, 1.54) is 25.8 Å². The van der Waals surface area contributed by atoms with E-state index in [1.807, 2.05) is 0 Å². The van der Waals surface area contributed by atoms with Gasteiger partial charge in [-0.25, -0.2) is 0 Å². The molecule has 0 fully saturated rings. The molecule has 0 bridgehead atoms. The van der Waals surface area contributed by atoms with Crippen LogP contribution in [0, 0.1) is 5.92 Å². The van der Waals surface area contributed by atoms with Crippen molar-refractivity contribution in [1.29, 1.82) is 0 Å². The molecular formula is C14H30N2. The highest BCUT2D eigenvalue weighted by Gasteiger charge is 2.15. The number of hydrogen-bond acceptors (Lipinski definition) is 2. The van der Waals surface area contributed by atoms with E-state index in [0.717, 1.165) is 18.5 Å². The van der Waals surface area contributed by atoms with Crippen LogP contribution in [0.4, 0.5) is 0 Å². The molecule has 96 valence electrons. The minimum atomic E-state index is 0.653. The maximum atomic E-state index is 5.48. The molecule has 0 saturated heterocycles. The summed E-state index contributed by atoms with van der Waals surface area (Å²) in [6.45, 7) is 12.1. The van der Waals surface area contributed by atoms with Gasteiger partial charge in [0.05, 0.1) is 0 Å². The van der Waals surface area contributed by atoms with Gasteiger partial charge in [0.15, 0.2) is 0 Å². The Bertz CT molecular complexity index is 174. The summed E-state index contributed by atoms with van der Waals surface area (Å²) in [4.78, 5) is 2.60. The summed E-state index contributed by atoms with van der Waals surface area (Å²) in [5.74, 6) is 0.784. The van der Waals surface area contributed by atoms with Crippen molar-refractivity contribution < 1.29 is 0 Å². The van der Waals surface area contributed by atoms with E-state index in [1.54, 1.807) is 0 Å².